The van der Waals surface area contributed by atoms with Crippen molar-refractivity contribution in [1.29, 1.82) is 0 Å². The van der Waals surface area contributed by atoms with Crippen LogP contribution in [0.4, 0.5) is 16.2 Å². The Bertz CT molecular complexity index is 897. The lowest BCUT2D eigenvalue weighted by Crippen LogP contribution is -2.30. The largest absolute Gasteiger partial charge is 0.497 e. The van der Waals surface area contributed by atoms with E-state index in [2.05, 4.69) is 10.6 Å². The minimum Gasteiger partial charge on any atom is -0.497 e. The minimum atomic E-state index is -3.24. The zero-order valence-electron chi connectivity index (χ0n) is 15.1. The lowest BCUT2D eigenvalue weighted by Gasteiger charge is -2.18. The van der Waals surface area contributed by atoms with E-state index in [1.807, 2.05) is 24.3 Å². The van der Waals surface area contributed by atoms with E-state index in [-0.39, 0.29) is 11.8 Å². The van der Waals surface area contributed by atoms with Crippen LogP contribution in [0.3, 0.4) is 0 Å². The predicted octanol–water partition coefficient (Wildman–Crippen LogP) is 2.60. The number of amides is 2. The molecule has 0 bridgehead atoms. The average Bonchev–Trinajstić information content (AvgIpc) is 3.01. The molecule has 0 aliphatic carbocycles. The minimum absolute atomic E-state index is 0.163. The lowest BCUT2D eigenvalue weighted by molar-refractivity contribution is 0.252. The maximum Gasteiger partial charge on any atom is 0.319 e. The van der Waals surface area contributed by atoms with Gasteiger partial charge in [-0.1, -0.05) is 18.2 Å². The lowest BCUT2D eigenvalue weighted by atomic mass is 10.1. The van der Waals surface area contributed by atoms with Crippen molar-refractivity contribution in [2.24, 2.45) is 0 Å². The number of carbonyl (C=O) groups is 1. The Kier molecular flexibility index (Phi) is 5.85. The molecular weight excluding hydrogens is 366 g/mol. The predicted molar refractivity (Wildman–Crippen MR) is 106 cm³/mol. The first-order valence-electron chi connectivity index (χ1n) is 8.76. The van der Waals surface area contributed by atoms with Gasteiger partial charge in [0.05, 0.1) is 18.6 Å². The Balaban J connectivity index is 1.52. The summed E-state index contributed by atoms with van der Waals surface area (Å²) >= 11 is 0. The van der Waals surface area contributed by atoms with E-state index in [4.69, 9.17) is 4.74 Å². The molecule has 0 spiro atoms. The van der Waals surface area contributed by atoms with Gasteiger partial charge in [0.15, 0.2) is 0 Å². The second-order valence-corrected chi connectivity index (χ2v) is 8.28. The average molecular weight is 389 g/mol. The van der Waals surface area contributed by atoms with E-state index in [1.165, 1.54) is 4.31 Å². The summed E-state index contributed by atoms with van der Waals surface area (Å²) in [7, 11) is -1.62. The number of nitrogens with one attached hydrogen (secondary N) is 2. The number of nitrogens with zero attached hydrogens (tertiary/aromatic N) is 1. The second kappa shape index (κ2) is 8.30. The molecule has 144 valence electrons. The first-order valence-corrected chi connectivity index (χ1v) is 10.4. The van der Waals surface area contributed by atoms with E-state index in [0.717, 1.165) is 11.3 Å². The van der Waals surface area contributed by atoms with Crippen LogP contribution < -0.4 is 19.7 Å². The quantitative estimate of drug-likeness (QED) is 0.795. The zero-order valence-corrected chi connectivity index (χ0v) is 16.0. The molecule has 27 heavy (non-hydrogen) atoms. The van der Waals surface area contributed by atoms with Gasteiger partial charge in [0, 0.05) is 18.8 Å². The van der Waals surface area contributed by atoms with Gasteiger partial charge in [0.1, 0.15) is 5.75 Å². The van der Waals surface area contributed by atoms with Gasteiger partial charge in [-0.2, -0.15) is 0 Å². The molecular formula is C19H23N3O4S. The zero-order chi connectivity index (χ0) is 19.3. The fourth-order valence-corrected chi connectivity index (χ4v) is 4.51. The molecule has 0 unspecified atom stereocenters. The normalized spacial score (nSPS) is 15.4. The van der Waals surface area contributed by atoms with Gasteiger partial charge in [-0.3, -0.25) is 4.31 Å². The summed E-state index contributed by atoms with van der Waals surface area (Å²) in [6.45, 7) is 0.957. The van der Waals surface area contributed by atoms with Gasteiger partial charge in [0.2, 0.25) is 10.0 Å². The van der Waals surface area contributed by atoms with Crippen molar-refractivity contribution in [2.45, 2.75) is 12.8 Å². The molecule has 1 saturated heterocycles. The Labute approximate surface area is 159 Å². The van der Waals surface area contributed by atoms with Crippen molar-refractivity contribution >= 4 is 27.4 Å². The highest BCUT2D eigenvalue weighted by molar-refractivity contribution is 7.93. The Morgan fingerprint density at radius 3 is 2.63 bits per heavy atom. The number of hydrogen-bond acceptors (Lipinski definition) is 4. The molecule has 1 fully saturated rings. The SMILES string of the molecule is COc1ccc(CCNC(=O)Nc2cccc(N3CCCS3(=O)=O)c2)cc1. The van der Waals surface area contributed by atoms with Gasteiger partial charge in [0.25, 0.3) is 0 Å². The Morgan fingerprint density at radius 2 is 1.96 bits per heavy atom. The van der Waals surface area contributed by atoms with Gasteiger partial charge in [-0.25, -0.2) is 13.2 Å². The molecule has 3 rings (SSSR count). The van der Waals surface area contributed by atoms with E-state index in [1.54, 1.807) is 31.4 Å². The van der Waals surface area contributed by atoms with Gasteiger partial charge in [-0.05, 0) is 48.7 Å². The van der Waals surface area contributed by atoms with Gasteiger partial charge >= 0.3 is 6.03 Å². The summed E-state index contributed by atoms with van der Waals surface area (Å²) in [6, 6.07) is 14.2. The van der Waals surface area contributed by atoms with E-state index in [0.29, 0.717) is 37.3 Å². The molecule has 0 saturated carbocycles. The number of benzene rings is 2. The Hall–Kier alpha value is -2.74. The third-order valence-electron chi connectivity index (χ3n) is 4.35. The molecule has 0 radical (unpaired) electrons. The fourth-order valence-electron chi connectivity index (χ4n) is 2.96. The van der Waals surface area contributed by atoms with Crippen LogP contribution >= 0.6 is 0 Å². The number of rotatable bonds is 6. The summed E-state index contributed by atoms with van der Waals surface area (Å²) in [5, 5.41) is 5.55. The molecule has 1 heterocycles. The molecule has 2 N–H and O–H groups in total. The smallest absolute Gasteiger partial charge is 0.319 e. The molecule has 2 amide bonds. The maximum absolute atomic E-state index is 12.1. The first kappa shape index (κ1) is 19.0. The number of sulfonamides is 1. The first-order chi connectivity index (χ1) is 13.0. The highest BCUT2D eigenvalue weighted by Crippen LogP contribution is 2.26. The Morgan fingerprint density at radius 1 is 1.19 bits per heavy atom. The molecule has 0 aromatic heterocycles. The van der Waals surface area contributed by atoms with Crippen molar-refractivity contribution in [3.8, 4) is 5.75 Å². The van der Waals surface area contributed by atoms with Crippen LogP contribution in [0.2, 0.25) is 0 Å². The van der Waals surface area contributed by atoms with E-state index < -0.39 is 10.0 Å². The molecule has 7 nitrogen and oxygen atoms in total. The topological polar surface area (TPSA) is 87.7 Å². The molecule has 2 aromatic carbocycles. The fraction of sp³-hybridized carbons (Fsp3) is 0.316. The van der Waals surface area contributed by atoms with Crippen molar-refractivity contribution in [3.05, 3.63) is 54.1 Å². The third kappa shape index (κ3) is 4.91. The summed E-state index contributed by atoms with van der Waals surface area (Å²) in [5.74, 6) is 0.959. The molecule has 1 aliphatic rings. The number of ether oxygens (including phenoxy) is 1. The molecule has 0 atom stereocenters. The van der Waals surface area contributed by atoms with Crippen LogP contribution in [0, 0.1) is 0 Å². The number of anilines is 2. The van der Waals surface area contributed by atoms with Gasteiger partial charge in [-0.15, -0.1) is 0 Å². The van der Waals surface area contributed by atoms with Gasteiger partial charge < -0.3 is 15.4 Å². The summed E-state index contributed by atoms with van der Waals surface area (Å²) in [5.41, 5.74) is 2.22. The van der Waals surface area contributed by atoms with E-state index in [9.17, 15) is 13.2 Å². The summed E-state index contributed by atoms with van der Waals surface area (Å²) in [6.07, 6.45) is 1.31. The van der Waals surface area contributed by atoms with Crippen molar-refractivity contribution in [2.75, 3.05) is 35.6 Å². The standard InChI is InChI=1S/C19H23N3O4S/c1-26-18-8-6-15(7-9-18)10-11-20-19(23)21-16-4-2-5-17(14-16)22-12-3-13-27(22,24)25/h2,4-9,14H,3,10-13H2,1H3,(H2,20,21,23). The van der Waals surface area contributed by atoms with Crippen molar-refractivity contribution in [3.63, 3.8) is 0 Å². The highest BCUT2D eigenvalue weighted by Gasteiger charge is 2.28. The van der Waals surface area contributed by atoms with Crippen LogP contribution in [0.25, 0.3) is 0 Å². The number of carbonyl (C=O) groups excluding carboxylic acids is 1. The van der Waals surface area contributed by atoms with Crippen LogP contribution in [0.1, 0.15) is 12.0 Å². The summed E-state index contributed by atoms with van der Waals surface area (Å²) in [4.78, 5) is 12.1. The number of methoxy groups -OCH3 is 1. The summed E-state index contributed by atoms with van der Waals surface area (Å²) < 4.78 is 30.6. The second-order valence-electron chi connectivity index (χ2n) is 6.27. The third-order valence-corrected chi connectivity index (χ3v) is 6.22. The number of urea groups is 1. The van der Waals surface area contributed by atoms with Crippen LogP contribution in [0.15, 0.2) is 48.5 Å². The van der Waals surface area contributed by atoms with Crippen LogP contribution in [-0.2, 0) is 16.4 Å². The molecule has 8 heteroatoms. The van der Waals surface area contributed by atoms with Crippen molar-refractivity contribution in [1.82, 2.24) is 5.32 Å². The monoisotopic (exact) mass is 389 g/mol. The van der Waals surface area contributed by atoms with E-state index >= 15 is 0 Å². The van der Waals surface area contributed by atoms with Crippen molar-refractivity contribution < 1.29 is 17.9 Å². The van der Waals surface area contributed by atoms with Crippen LogP contribution in [-0.4, -0.2) is 40.4 Å². The molecule has 1 aliphatic heterocycles. The maximum atomic E-state index is 12.1. The highest BCUT2D eigenvalue weighted by atomic mass is 32.2. The number of hydrogen-bond donors (Lipinski definition) is 2. The molecule has 2 aromatic rings. The van der Waals surface area contributed by atoms with Crippen LogP contribution in [0.5, 0.6) is 5.75 Å².